The highest BCUT2D eigenvalue weighted by Crippen LogP contribution is 2.34. The van der Waals surface area contributed by atoms with E-state index in [0.29, 0.717) is 12.0 Å². The van der Waals surface area contributed by atoms with E-state index in [-0.39, 0.29) is 6.04 Å². The minimum Gasteiger partial charge on any atom is -0.480 e. The fraction of sp³-hybridized carbons (Fsp3) is 0.909. The van der Waals surface area contributed by atoms with Crippen molar-refractivity contribution in [1.29, 1.82) is 0 Å². The SMILES string of the molecule is CC1CCC(NC(C(=O)O)C2CC2)C1. The predicted octanol–water partition coefficient (Wildman–Crippen LogP) is 1.63. The molecule has 0 aromatic heterocycles. The molecule has 2 N–H and O–H groups in total. The second kappa shape index (κ2) is 3.89. The molecule has 0 saturated heterocycles. The molecule has 14 heavy (non-hydrogen) atoms. The molecule has 3 unspecified atom stereocenters. The van der Waals surface area contributed by atoms with Gasteiger partial charge in [0, 0.05) is 6.04 Å². The van der Waals surface area contributed by atoms with E-state index in [1.807, 2.05) is 0 Å². The largest absolute Gasteiger partial charge is 0.480 e. The zero-order valence-electron chi connectivity index (χ0n) is 8.70. The van der Waals surface area contributed by atoms with Gasteiger partial charge >= 0.3 is 5.97 Å². The summed E-state index contributed by atoms with van der Waals surface area (Å²) in [6.07, 6.45) is 5.72. The van der Waals surface area contributed by atoms with Gasteiger partial charge in [0.05, 0.1) is 0 Å². The molecule has 3 heteroatoms. The van der Waals surface area contributed by atoms with Crippen LogP contribution in [-0.2, 0) is 4.79 Å². The lowest BCUT2D eigenvalue weighted by Gasteiger charge is -2.19. The van der Waals surface area contributed by atoms with Gasteiger partial charge in [0.25, 0.3) is 0 Å². The van der Waals surface area contributed by atoms with E-state index in [4.69, 9.17) is 5.11 Å². The van der Waals surface area contributed by atoms with Gasteiger partial charge < -0.3 is 10.4 Å². The average molecular weight is 197 g/mol. The first-order valence-electron chi connectivity index (χ1n) is 5.65. The number of rotatable bonds is 4. The number of nitrogens with one attached hydrogen (secondary N) is 1. The second-order valence-corrected chi connectivity index (χ2v) is 4.94. The smallest absolute Gasteiger partial charge is 0.320 e. The number of carboxylic acids is 1. The van der Waals surface area contributed by atoms with E-state index in [2.05, 4.69) is 12.2 Å². The molecule has 0 bridgehead atoms. The van der Waals surface area contributed by atoms with Crippen molar-refractivity contribution in [2.45, 2.75) is 51.1 Å². The monoisotopic (exact) mass is 197 g/mol. The Kier molecular flexibility index (Phi) is 2.77. The summed E-state index contributed by atoms with van der Waals surface area (Å²) in [6.45, 7) is 2.24. The van der Waals surface area contributed by atoms with Gasteiger partial charge in [-0.05, 0) is 43.9 Å². The summed E-state index contributed by atoms with van der Waals surface area (Å²) in [6, 6.07) is 0.178. The van der Waals surface area contributed by atoms with Crippen LogP contribution in [0.4, 0.5) is 0 Å². The predicted molar refractivity (Wildman–Crippen MR) is 54.1 cm³/mol. The highest BCUT2D eigenvalue weighted by molar-refractivity contribution is 5.74. The quantitative estimate of drug-likeness (QED) is 0.720. The highest BCUT2D eigenvalue weighted by atomic mass is 16.4. The fourth-order valence-corrected chi connectivity index (χ4v) is 2.45. The summed E-state index contributed by atoms with van der Waals surface area (Å²) in [4.78, 5) is 11.0. The van der Waals surface area contributed by atoms with Crippen LogP contribution >= 0.6 is 0 Å². The van der Waals surface area contributed by atoms with Crippen molar-refractivity contribution in [2.75, 3.05) is 0 Å². The lowest BCUT2D eigenvalue weighted by atomic mass is 10.1. The van der Waals surface area contributed by atoms with Crippen molar-refractivity contribution in [3.8, 4) is 0 Å². The number of aliphatic carboxylic acids is 1. The first-order chi connectivity index (χ1) is 6.66. The number of hydrogen-bond acceptors (Lipinski definition) is 2. The van der Waals surface area contributed by atoms with Gasteiger partial charge in [-0.1, -0.05) is 6.92 Å². The van der Waals surface area contributed by atoms with Crippen molar-refractivity contribution in [1.82, 2.24) is 5.32 Å². The van der Waals surface area contributed by atoms with E-state index < -0.39 is 5.97 Å². The summed E-state index contributed by atoms with van der Waals surface area (Å²) in [7, 11) is 0. The van der Waals surface area contributed by atoms with Crippen LogP contribution in [0.1, 0.15) is 39.0 Å². The van der Waals surface area contributed by atoms with Crippen molar-refractivity contribution >= 4 is 5.97 Å². The first-order valence-corrected chi connectivity index (χ1v) is 5.65. The Hall–Kier alpha value is -0.570. The van der Waals surface area contributed by atoms with Crippen LogP contribution in [0.15, 0.2) is 0 Å². The van der Waals surface area contributed by atoms with Gasteiger partial charge in [-0.15, -0.1) is 0 Å². The van der Waals surface area contributed by atoms with Crippen LogP contribution in [0.25, 0.3) is 0 Å². The van der Waals surface area contributed by atoms with Crippen LogP contribution < -0.4 is 5.32 Å². The van der Waals surface area contributed by atoms with E-state index in [1.54, 1.807) is 0 Å². The van der Waals surface area contributed by atoms with Crippen molar-refractivity contribution in [2.24, 2.45) is 11.8 Å². The Labute approximate surface area is 84.9 Å². The molecule has 0 radical (unpaired) electrons. The molecule has 0 aliphatic heterocycles. The zero-order chi connectivity index (χ0) is 10.1. The van der Waals surface area contributed by atoms with E-state index in [1.165, 1.54) is 6.42 Å². The molecular weight excluding hydrogens is 178 g/mol. The maximum absolute atomic E-state index is 11.0. The van der Waals surface area contributed by atoms with Crippen LogP contribution in [0.5, 0.6) is 0 Å². The maximum Gasteiger partial charge on any atom is 0.320 e. The molecule has 0 heterocycles. The van der Waals surface area contributed by atoms with Crippen LogP contribution in [0, 0.1) is 11.8 Å². The Morgan fingerprint density at radius 2 is 2.07 bits per heavy atom. The Balaban J connectivity index is 1.84. The molecule has 2 aliphatic carbocycles. The molecule has 0 aromatic rings. The number of carbonyl (C=O) groups is 1. The van der Waals surface area contributed by atoms with Crippen LogP contribution in [0.2, 0.25) is 0 Å². The van der Waals surface area contributed by atoms with E-state index in [0.717, 1.165) is 31.6 Å². The fourth-order valence-electron chi connectivity index (χ4n) is 2.45. The second-order valence-electron chi connectivity index (χ2n) is 4.94. The van der Waals surface area contributed by atoms with Gasteiger partial charge in [-0.2, -0.15) is 0 Å². The van der Waals surface area contributed by atoms with Gasteiger partial charge in [0.1, 0.15) is 6.04 Å². The van der Waals surface area contributed by atoms with Crippen molar-refractivity contribution in [3.63, 3.8) is 0 Å². The Morgan fingerprint density at radius 3 is 2.50 bits per heavy atom. The van der Waals surface area contributed by atoms with E-state index >= 15 is 0 Å². The molecule has 0 aromatic carbocycles. The van der Waals surface area contributed by atoms with Gasteiger partial charge in [-0.3, -0.25) is 4.79 Å². The third kappa shape index (κ3) is 2.27. The third-order valence-electron chi connectivity index (χ3n) is 3.47. The summed E-state index contributed by atoms with van der Waals surface area (Å²) in [5, 5.41) is 12.4. The minimum absolute atomic E-state index is 0.273. The first kappa shape index (κ1) is 9.97. The molecule has 80 valence electrons. The van der Waals surface area contributed by atoms with Crippen LogP contribution in [-0.4, -0.2) is 23.2 Å². The van der Waals surface area contributed by atoms with Gasteiger partial charge in [0.15, 0.2) is 0 Å². The minimum atomic E-state index is -0.660. The summed E-state index contributed by atoms with van der Waals surface area (Å²) >= 11 is 0. The third-order valence-corrected chi connectivity index (χ3v) is 3.47. The average Bonchev–Trinajstić information content (AvgIpc) is 2.86. The molecule has 0 amide bonds. The Morgan fingerprint density at radius 1 is 1.36 bits per heavy atom. The standard InChI is InChI=1S/C11H19NO2/c1-7-2-5-9(6-7)12-10(11(13)14)8-3-4-8/h7-10,12H,2-6H2,1H3,(H,13,14). The van der Waals surface area contributed by atoms with Crippen molar-refractivity contribution < 1.29 is 9.90 Å². The highest BCUT2D eigenvalue weighted by Gasteiger charge is 2.38. The molecule has 2 fully saturated rings. The van der Waals surface area contributed by atoms with E-state index in [9.17, 15) is 4.79 Å². The summed E-state index contributed by atoms with van der Waals surface area (Å²) in [5.74, 6) is 0.511. The van der Waals surface area contributed by atoms with Gasteiger partial charge in [0.2, 0.25) is 0 Å². The normalized spacial score (nSPS) is 34.4. The molecule has 2 aliphatic rings. The van der Waals surface area contributed by atoms with Crippen molar-refractivity contribution in [3.05, 3.63) is 0 Å². The molecule has 0 spiro atoms. The molecular formula is C11H19NO2. The number of hydrogen-bond donors (Lipinski definition) is 2. The summed E-state index contributed by atoms with van der Waals surface area (Å²) < 4.78 is 0. The number of carboxylic acid groups (broad SMARTS) is 1. The molecule has 2 saturated carbocycles. The molecule has 3 nitrogen and oxygen atoms in total. The maximum atomic E-state index is 11.0. The summed E-state index contributed by atoms with van der Waals surface area (Å²) in [5.41, 5.74) is 0. The topological polar surface area (TPSA) is 49.3 Å². The lowest BCUT2D eigenvalue weighted by molar-refractivity contribution is -0.140. The molecule has 3 atom stereocenters. The lowest BCUT2D eigenvalue weighted by Crippen LogP contribution is -2.43. The van der Waals surface area contributed by atoms with Crippen LogP contribution in [0.3, 0.4) is 0 Å². The molecule has 2 rings (SSSR count). The zero-order valence-corrected chi connectivity index (χ0v) is 8.70. The Bertz CT molecular complexity index is 225. The van der Waals surface area contributed by atoms with Gasteiger partial charge in [-0.25, -0.2) is 0 Å².